The smallest absolute Gasteiger partial charge is 0.333 e. The van der Waals surface area contributed by atoms with Gasteiger partial charge in [-0.05, 0) is 18.1 Å². The van der Waals surface area contributed by atoms with E-state index in [4.69, 9.17) is 21.1 Å². The van der Waals surface area contributed by atoms with E-state index in [9.17, 15) is 14.4 Å². The molecule has 0 aliphatic heterocycles. The van der Waals surface area contributed by atoms with Gasteiger partial charge >= 0.3 is 17.9 Å². The molecule has 2 aromatic carbocycles. The summed E-state index contributed by atoms with van der Waals surface area (Å²) >= 11 is 6.00. The molecular weight excluding hydrogens is 380 g/mol. The first-order chi connectivity index (χ1) is 13.4. The zero-order chi connectivity index (χ0) is 20.5. The maximum atomic E-state index is 12.7. The molecule has 0 amide bonds. The summed E-state index contributed by atoms with van der Waals surface area (Å²) in [4.78, 5) is 36.2. The average Bonchev–Trinajstić information content (AvgIpc) is 2.67. The van der Waals surface area contributed by atoms with E-state index in [0.29, 0.717) is 11.1 Å². The number of carbonyl (C=O) groups is 3. The minimum absolute atomic E-state index is 0.183. The molecule has 0 heterocycles. The van der Waals surface area contributed by atoms with Crippen molar-refractivity contribution >= 4 is 29.5 Å². The Morgan fingerprint density at radius 3 is 1.93 bits per heavy atom. The van der Waals surface area contributed by atoms with Crippen LogP contribution in [0.25, 0.3) is 0 Å². The first-order valence-corrected chi connectivity index (χ1v) is 9.13. The number of alkyl halides is 1. The Morgan fingerprint density at radius 1 is 0.964 bits per heavy atom. The Kier molecular flexibility index (Phi) is 7.96. The topological polar surface area (TPSA) is 69.7 Å². The summed E-state index contributed by atoms with van der Waals surface area (Å²) < 4.78 is 9.92. The number of hydrogen-bond donors (Lipinski definition) is 0. The number of esters is 3. The van der Waals surface area contributed by atoms with Crippen molar-refractivity contribution in [1.82, 2.24) is 0 Å². The first-order valence-electron chi connectivity index (χ1n) is 8.69. The fraction of sp³-hybridized carbons (Fsp3) is 0.227. The molecule has 0 N–H and O–H groups in total. The lowest BCUT2D eigenvalue weighted by Crippen LogP contribution is -2.24. The zero-order valence-electron chi connectivity index (χ0n) is 15.5. The third kappa shape index (κ3) is 6.35. The van der Waals surface area contributed by atoms with E-state index in [1.54, 1.807) is 24.3 Å². The van der Waals surface area contributed by atoms with Gasteiger partial charge in [0, 0.05) is 5.57 Å². The summed E-state index contributed by atoms with van der Waals surface area (Å²) in [6, 6.07) is 18.1. The Labute approximate surface area is 168 Å². The minimum atomic E-state index is -0.810. The Bertz CT molecular complexity index is 793. The summed E-state index contributed by atoms with van der Waals surface area (Å²) in [7, 11) is 0. The minimum Gasteiger partial charge on any atom is -0.461 e. The Morgan fingerprint density at radius 2 is 1.46 bits per heavy atom. The summed E-state index contributed by atoms with van der Waals surface area (Å²) in [5.41, 5.74) is 1.66. The maximum absolute atomic E-state index is 12.7. The lowest BCUT2D eigenvalue weighted by molar-refractivity contribution is -0.160. The summed E-state index contributed by atoms with van der Waals surface area (Å²) in [6.07, 6.45) is -0.271. The number of carbonyl (C=O) groups excluding carboxylic acids is 3. The van der Waals surface area contributed by atoms with Crippen LogP contribution in [0, 0.1) is 0 Å². The predicted molar refractivity (Wildman–Crippen MR) is 106 cm³/mol. The van der Waals surface area contributed by atoms with E-state index in [1.165, 1.54) is 6.92 Å². The highest BCUT2D eigenvalue weighted by Gasteiger charge is 2.27. The van der Waals surface area contributed by atoms with Crippen molar-refractivity contribution in [2.75, 3.05) is 6.61 Å². The van der Waals surface area contributed by atoms with Crippen molar-refractivity contribution in [3.05, 3.63) is 83.9 Å². The monoisotopic (exact) mass is 400 g/mol. The molecule has 0 saturated carbocycles. The van der Waals surface area contributed by atoms with Crippen LogP contribution in [0.5, 0.6) is 0 Å². The molecule has 6 heteroatoms. The van der Waals surface area contributed by atoms with E-state index < -0.39 is 29.2 Å². The van der Waals surface area contributed by atoms with Gasteiger partial charge in [-0.15, -0.1) is 11.6 Å². The van der Waals surface area contributed by atoms with Crippen LogP contribution in [-0.4, -0.2) is 29.9 Å². The molecule has 0 aliphatic carbocycles. The highest BCUT2D eigenvalue weighted by molar-refractivity contribution is 6.22. The molecule has 0 aromatic heterocycles. The van der Waals surface area contributed by atoms with Gasteiger partial charge in [0.1, 0.15) is 12.5 Å². The number of hydrogen-bond acceptors (Lipinski definition) is 5. The quantitative estimate of drug-likeness (QED) is 0.290. The SMILES string of the molecule is C=C(C)C(=O)OCC(Cl)CC(=O)OC(=O)C(c1ccccc1)c1ccccc1. The largest absolute Gasteiger partial charge is 0.461 e. The maximum Gasteiger partial charge on any atom is 0.333 e. The number of benzene rings is 2. The average molecular weight is 401 g/mol. The van der Waals surface area contributed by atoms with Crippen molar-refractivity contribution in [2.45, 2.75) is 24.6 Å². The molecule has 28 heavy (non-hydrogen) atoms. The molecule has 146 valence electrons. The fourth-order valence-electron chi connectivity index (χ4n) is 2.50. The van der Waals surface area contributed by atoms with Crippen LogP contribution < -0.4 is 0 Å². The van der Waals surface area contributed by atoms with Gasteiger partial charge in [0.05, 0.1) is 11.8 Å². The van der Waals surface area contributed by atoms with Gasteiger partial charge in [0.2, 0.25) is 0 Å². The second kappa shape index (κ2) is 10.4. The molecule has 2 aromatic rings. The van der Waals surface area contributed by atoms with E-state index >= 15 is 0 Å². The molecule has 5 nitrogen and oxygen atoms in total. The van der Waals surface area contributed by atoms with E-state index in [1.807, 2.05) is 36.4 Å². The van der Waals surface area contributed by atoms with Crippen molar-refractivity contribution in [3.8, 4) is 0 Å². The highest BCUT2D eigenvalue weighted by atomic mass is 35.5. The fourth-order valence-corrected chi connectivity index (χ4v) is 2.69. The van der Waals surface area contributed by atoms with Crippen LogP contribution in [-0.2, 0) is 23.9 Å². The normalized spacial score (nSPS) is 11.5. The molecule has 1 atom stereocenters. The summed E-state index contributed by atoms with van der Waals surface area (Å²) in [5, 5.41) is -0.810. The number of rotatable bonds is 8. The van der Waals surface area contributed by atoms with Gasteiger partial charge < -0.3 is 9.47 Å². The summed E-state index contributed by atoms with van der Waals surface area (Å²) in [6.45, 7) is 4.78. The molecule has 0 spiro atoms. The molecule has 0 saturated heterocycles. The molecule has 0 aliphatic rings. The zero-order valence-corrected chi connectivity index (χ0v) is 16.2. The summed E-state index contributed by atoms with van der Waals surface area (Å²) in [5.74, 6) is -2.80. The van der Waals surface area contributed by atoms with Gasteiger partial charge in [0.15, 0.2) is 0 Å². The Hall–Kier alpha value is -2.92. The van der Waals surface area contributed by atoms with Gasteiger partial charge in [-0.25, -0.2) is 4.79 Å². The third-order valence-electron chi connectivity index (χ3n) is 3.85. The molecule has 2 rings (SSSR count). The number of ether oxygens (including phenoxy) is 2. The molecular formula is C22H21ClO5. The van der Waals surface area contributed by atoms with Crippen LogP contribution in [0.4, 0.5) is 0 Å². The van der Waals surface area contributed by atoms with Crippen LogP contribution in [0.2, 0.25) is 0 Å². The molecule has 1 unspecified atom stereocenters. The van der Waals surface area contributed by atoms with Gasteiger partial charge in [-0.2, -0.15) is 0 Å². The van der Waals surface area contributed by atoms with Crippen LogP contribution in [0.15, 0.2) is 72.8 Å². The Balaban J connectivity index is 2.02. The van der Waals surface area contributed by atoms with E-state index in [0.717, 1.165) is 0 Å². The van der Waals surface area contributed by atoms with Gasteiger partial charge in [0.25, 0.3) is 0 Å². The van der Waals surface area contributed by atoms with Crippen LogP contribution in [0.1, 0.15) is 30.4 Å². The van der Waals surface area contributed by atoms with Crippen molar-refractivity contribution in [1.29, 1.82) is 0 Å². The first kappa shape index (κ1) is 21.4. The lowest BCUT2D eigenvalue weighted by Gasteiger charge is -2.17. The highest BCUT2D eigenvalue weighted by Crippen LogP contribution is 2.26. The number of halogens is 1. The second-order valence-electron chi connectivity index (χ2n) is 6.23. The van der Waals surface area contributed by atoms with Crippen molar-refractivity contribution < 1.29 is 23.9 Å². The predicted octanol–water partition coefficient (Wildman–Crippen LogP) is 4.01. The van der Waals surface area contributed by atoms with Crippen molar-refractivity contribution in [3.63, 3.8) is 0 Å². The van der Waals surface area contributed by atoms with Gasteiger partial charge in [-0.1, -0.05) is 67.2 Å². The van der Waals surface area contributed by atoms with Crippen LogP contribution >= 0.6 is 11.6 Å². The standard InChI is InChI=1S/C22H21ClO5/c1-15(2)21(25)27-14-18(23)13-19(24)28-22(26)20(16-9-5-3-6-10-16)17-11-7-4-8-12-17/h3-12,18,20H,1,13-14H2,2H3. The second-order valence-corrected chi connectivity index (χ2v) is 6.84. The lowest BCUT2D eigenvalue weighted by atomic mass is 9.91. The molecule has 0 bridgehead atoms. The third-order valence-corrected chi connectivity index (χ3v) is 4.13. The van der Waals surface area contributed by atoms with Gasteiger partial charge in [-0.3, -0.25) is 9.59 Å². The van der Waals surface area contributed by atoms with E-state index in [-0.39, 0.29) is 18.6 Å². The van der Waals surface area contributed by atoms with Crippen LogP contribution in [0.3, 0.4) is 0 Å². The molecule has 0 radical (unpaired) electrons. The van der Waals surface area contributed by atoms with E-state index in [2.05, 4.69) is 6.58 Å². The van der Waals surface area contributed by atoms with Crippen molar-refractivity contribution in [2.24, 2.45) is 0 Å². The molecule has 0 fully saturated rings.